The van der Waals surface area contributed by atoms with Crippen LogP contribution in [0, 0.1) is 17.5 Å². The number of amides is 1. The Kier molecular flexibility index (Phi) is 5.64. The van der Waals surface area contributed by atoms with E-state index in [0.29, 0.717) is 12.1 Å². The third-order valence-electron chi connectivity index (χ3n) is 4.26. The number of nitrogens with two attached hydrogens (primary N) is 1. The molecule has 7 heteroatoms. The summed E-state index contributed by atoms with van der Waals surface area (Å²) in [6.07, 6.45) is 0.948. The molecule has 1 amide bonds. The Bertz CT molecular complexity index is 559. The number of carbonyl (C=O) groups excluding carboxylic acids is 1. The lowest BCUT2D eigenvalue weighted by molar-refractivity contribution is -0.118. The number of rotatable bonds is 6. The van der Waals surface area contributed by atoms with Crippen LogP contribution >= 0.6 is 0 Å². The summed E-state index contributed by atoms with van der Waals surface area (Å²) in [4.78, 5) is 13.1. The number of nitrogens with one attached hydrogen (secondary N) is 1. The summed E-state index contributed by atoms with van der Waals surface area (Å²) in [7, 11) is 0. The maximum atomic E-state index is 13.6. The van der Waals surface area contributed by atoms with Gasteiger partial charge in [0, 0.05) is 25.0 Å². The van der Waals surface area contributed by atoms with Crippen LogP contribution in [-0.4, -0.2) is 36.0 Å². The van der Waals surface area contributed by atoms with Crippen molar-refractivity contribution in [1.82, 2.24) is 10.2 Å². The summed E-state index contributed by atoms with van der Waals surface area (Å²) in [6, 6.07) is 1.58. The molecule has 1 aromatic rings. The normalized spacial score (nSPS) is 23.2. The summed E-state index contributed by atoms with van der Waals surface area (Å²) in [5, 5.41) is 3.30. The Morgan fingerprint density at radius 3 is 2.52 bits per heavy atom. The van der Waals surface area contributed by atoms with Crippen molar-refractivity contribution in [3.8, 4) is 0 Å². The number of hydrogen-bond donors (Lipinski definition) is 2. The highest BCUT2D eigenvalue weighted by Gasteiger charge is 2.36. The molecule has 1 saturated heterocycles. The molecule has 0 saturated carbocycles. The van der Waals surface area contributed by atoms with Gasteiger partial charge in [0.05, 0.1) is 6.04 Å². The predicted molar refractivity (Wildman–Crippen MR) is 81.1 cm³/mol. The van der Waals surface area contributed by atoms with Gasteiger partial charge in [-0.25, -0.2) is 13.2 Å². The topological polar surface area (TPSA) is 58.4 Å². The first kappa shape index (κ1) is 17.7. The van der Waals surface area contributed by atoms with E-state index in [-0.39, 0.29) is 24.5 Å². The van der Waals surface area contributed by atoms with Crippen LogP contribution in [0.1, 0.15) is 38.3 Å². The lowest BCUT2D eigenvalue weighted by atomic mass is 9.98. The van der Waals surface area contributed by atoms with E-state index in [1.807, 2.05) is 13.8 Å². The van der Waals surface area contributed by atoms with Gasteiger partial charge < -0.3 is 11.1 Å². The zero-order chi connectivity index (χ0) is 17.1. The quantitative estimate of drug-likeness (QED) is 0.786. The van der Waals surface area contributed by atoms with Gasteiger partial charge in [0.1, 0.15) is 0 Å². The Balaban J connectivity index is 2.25. The van der Waals surface area contributed by atoms with E-state index in [0.717, 1.165) is 25.1 Å². The van der Waals surface area contributed by atoms with Crippen LogP contribution in [0.5, 0.6) is 0 Å². The van der Waals surface area contributed by atoms with Crippen molar-refractivity contribution in [2.45, 2.75) is 44.8 Å². The number of primary amides is 1. The second kappa shape index (κ2) is 7.31. The van der Waals surface area contributed by atoms with E-state index >= 15 is 0 Å². The zero-order valence-electron chi connectivity index (χ0n) is 13.3. The molecule has 0 aliphatic carbocycles. The molecule has 1 aliphatic heterocycles. The maximum absolute atomic E-state index is 13.6. The van der Waals surface area contributed by atoms with Gasteiger partial charge in [-0.3, -0.25) is 9.69 Å². The molecule has 23 heavy (non-hydrogen) atoms. The lowest BCUT2D eigenvalue weighted by Crippen LogP contribution is -2.42. The van der Waals surface area contributed by atoms with Gasteiger partial charge in [0.25, 0.3) is 0 Å². The number of nitrogens with zero attached hydrogens (tertiary/aromatic N) is 1. The van der Waals surface area contributed by atoms with Gasteiger partial charge in [0.2, 0.25) is 5.91 Å². The lowest BCUT2D eigenvalue weighted by Gasteiger charge is -2.30. The first-order valence-corrected chi connectivity index (χ1v) is 7.76. The molecule has 1 fully saturated rings. The van der Waals surface area contributed by atoms with Crippen LogP contribution < -0.4 is 11.1 Å². The standard InChI is InChI=1S/C16H22F3N3O/c1-3-22-5-4-13(21-9(2)6-14(20)23)16(22)10-7-11(17)15(19)12(18)8-10/h7-9,13,16,21H,3-6H2,1-2H3,(H2,20,23). The van der Waals surface area contributed by atoms with E-state index in [4.69, 9.17) is 5.73 Å². The molecule has 1 aromatic carbocycles. The van der Waals surface area contributed by atoms with Crippen molar-refractivity contribution >= 4 is 5.91 Å². The minimum atomic E-state index is -1.46. The summed E-state index contributed by atoms with van der Waals surface area (Å²) >= 11 is 0. The maximum Gasteiger partial charge on any atom is 0.218 e. The fourth-order valence-electron chi connectivity index (χ4n) is 3.30. The van der Waals surface area contributed by atoms with Crippen molar-refractivity contribution in [2.75, 3.05) is 13.1 Å². The van der Waals surface area contributed by atoms with Crippen LogP contribution in [0.25, 0.3) is 0 Å². The molecule has 128 valence electrons. The summed E-state index contributed by atoms with van der Waals surface area (Å²) in [6.45, 7) is 5.25. The Morgan fingerprint density at radius 2 is 2.00 bits per heavy atom. The first-order chi connectivity index (χ1) is 10.8. The average molecular weight is 329 g/mol. The van der Waals surface area contributed by atoms with Gasteiger partial charge in [0.15, 0.2) is 17.5 Å². The second-order valence-electron chi connectivity index (χ2n) is 6.01. The number of likely N-dealkylation sites (N-methyl/N-ethyl adjacent to an activating group) is 1. The number of likely N-dealkylation sites (tertiary alicyclic amines) is 1. The fourth-order valence-corrected chi connectivity index (χ4v) is 3.30. The van der Waals surface area contributed by atoms with Gasteiger partial charge in [-0.1, -0.05) is 6.92 Å². The third kappa shape index (κ3) is 4.03. The van der Waals surface area contributed by atoms with Gasteiger partial charge in [-0.2, -0.15) is 0 Å². The Hall–Kier alpha value is -1.60. The smallest absolute Gasteiger partial charge is 0.218 e. The first-order valence-electron chi connectivity index (χ1n) is 7.76. The predicted octanol–water partition coefficient (Wildman–Crippen LogP) is 2.09. The number of hydrogen-bond acceptors (Lipinski definition) is 3. The molecule has 2 rings (SSSR count). The minimum absolute atomic E-state index is 0.0893. The Morgan fingerprint density at radius 1 is 1.39 bits per heavy atom. The van der Waals surface area contributed by atoms with Crippen LogP contribution in [0.2, 0.25) is 0 Å². The number of benzene rings is 1. The average Bonchev–Trinajstić information content (AvgIpc) is 2.85. The molecule has 3 atom stereocenters. The summed E-state index contributed by atoms with van der Waals surface area (Å²) in [5.41, 5.74) is 5.59. The fraction of sp³-hybridized carbons (Fsp3) is 0.562. The van der Waals surface area contributed by atoms with Gasteiger partial charge >= 0.3 is 0 Å². The molecule has 4 nitrogen and oxygen atoms in total. The molecule has 3 unspecified atom stereocenters. The van der Waals surface area contributed by atoms with E-state index in [2.05, 4.69) is 10.2 Å². The molecule has 1 aliphatic rings. The van der Waals surface area contributed by atoms with Gasteiger partial charge in [-0.05, 0) is 37.6 Å². The largest absolute Gasteiger partial charge is 0.370 e. The molecule has 0 spiro atoms. The zero-order valence-corrected chi connectivity index (χ0v) is 13.3. The SMILES string of the molecule is CCN1CCC(NC(C)CC(N)=O)C1c1cc(F)c(F)c(F)c1. The van der Waals surface area contributed by atoms with Crippen LogP contribution in [0.4, 0.5) is 13.2 Å². The number of carbonyl (C=O) groups is 1. The number of halogens is 3. The van der Waals surface area contributed by atoms with Crippen molar-refractivity contribution in [1.29, 1.82) is 0 Å². The van der Waals surface area contributed by atoms with Crippen LogP contribution in [0.15, 0.2) is 12.1 Å². The Labute approximate surface area is 133 Å². The van der Waals surface area contributed by atoms with E-state index < -0.39 is 23.4 Å². The molecule has 0 aromatic heterocycles. The van der Waals surface area contributed by atoms with E-state index in [1.165, 1.54) is 0 Å². The molecule has 3 N–H and O–H groups in total. The molecule has 0 radical (unpaired) electrons. The van der Waals surface area contributed by atoms with Crippen molar-refractivity contribution in [2.24, 2.45) is 5.73 Å². The third-order valence-corrected chi connectivity index (χ3v) is 4.26. The van der Waals surface area contributed by atoms with E-state index in [1.54, 1.807) is 0 Å². The second-order valence-corrected chi connectivity index (χ2v) is 6.01. The molecule has 0 bridgehead atoms. The van der Waals surface area contributed by atoms with Crippen molar-refractivity contribution in [3.05, 3.63) is 35.1 Å². The highest BCUT2D eigenvalue weighted by Crippen LogP contribution is 2.33. The van der Waals surface area contributed by atoms with Gasteiger partial charge in [-0.15, -0.1) is 0 Å². The minimum Gasteiger partial charge on any atom is -0.370 e. The summed E-state index contributed by atoms with van der Waals surface area (Å²) < 4.78 is 40.3. The van der Waals surface area contributed by atoms with Crippen molar-refractivity contribution < 1.29 is 18.0 Å². The highest BCUT2D eigenvalue weighted by atomic mass is 19.2. The molecule has 1 heterocycles. The molecular weight excluding hydrogens is 307 g/mol. The van der Waals surface area contributed by atoms with Crippen molar-refractivity contribution in [3.63, 3.8) is 0 Å². The highest BCUT2D eigenvalue weighted by molar-refractivity contribution is 5.74. The van der Waals surface area contributed by atoms with Crippen LogP contribution in [0.3, 0.4) is 0 Å². The van der Waals surface area contributed by atoms with E-state index in [9.17, 15) is 18.0 Å². The van der Waals surface area contributed by atoms with Crippen LogP contribution in [-0.2, 0) is 4.79 Å². The summed E-state index contributed by atoms with van der Waals surface area (Å²) in [5.74, 6) is -4.24. The monoisotopic (exact) mass is 329 g/mol. The molecular formula is C16H22F3N3O.